The van der Waals surface area contributed by atoms with E-state index in [9.17, 15) is 0 Å². The van der Waals surface area contributed by atoms with Crippen LogP contribution >= 0.6 is 11.3 Å². The molecule has 0 saturated carbocycles. The minimum absolute atomic E-state index is 0.184. The average Bonchev–Trinajstić information content (AvgIpc) is 2.81. The first-order valence-corrected chi connectivity index (χ1v) is 6.01. The van der Waals surface area contributed by atoms with E-state index in [1.54, 1.807) is 18.4 Å². The number of hydrazine groups is 1. The molecule has 90 valence electrons. The van der Waals surface area contributed by atoms with Crippen molar-refractivity contribution in [2.24, 2.45) is 10.8 Å². The number of nitrogens with two attached hydrogens (primary N) is 1. The second kappa shape index (κ2) is 7.21. The lowest BCUT2D eigenvalue weighted by atomic mass is 10.2. The van der Waals surface area contributed by atoms with Gasteiger partial charge in [0.15, 0.2) is 0 Å². The molecule has 1 aromatic heterocycles. The first kappa shape index (κ1) is 13.0. The minimum atomic E-state index is 0.184. The highest BCUT2D eigenvalue weighted by atomic mass is 32.1. The largest absolute Gasteiger partial charge is 0.383 e. The Bertz CT molecular complexity index is 313. The van der Waals surface area contributed by atoms with E-state index in [2.05, 4.69) is 34.1 Å². The SMILES string of the molecule is COCCN=C(NN)NC(C)c1ccsc1. The normalized spacial score (nSPS) is 13.6. The van der Waals surface area contributed by atoms with E-state index in [0.29, 0.717) is 19.1 Å². The van der Waals surface area contributed by atoms with E-state index in [1.807, 2.05) is 5.38 Å². The average molecular weight is 242 g/mol. The Labute approximate surface area is 99.7 Å². The smallest absolute Gasteiger partial charge is 0.206 e. The van der Waals surface area contributed by atoms with Crippen LogP contribution in [0, 0.1) is 0 Å². The molecular formula is C10H18N4OS. The van der Waals surface area contributed by atoms with Crippen molar-refractivity contribution >= 4 is 17.3 Å². The highest BCUT2D eigenvalue weighted by molar-refractivity contribution is 7.07. The number of rotatable bonds is 5. The molecule has 0 fully saturated rings. The molecule has 0 bridgehead atoms. The molecule has 1 unspecified atom stereocenters. The Morgan fingerprint density at radius 3 is 3.06 bits per heavy atom. The quantitative estimate of drug-likeness (QED) is 0.235. The van der Waals surface area contributed by atoms with Gasteiger partial charge in [0, 0.05) is 7.11 Å². The predicted octanol–water partition coefficient (Wildman–Crippen LogP) is 0.864. The van der Waals surface area contributed by atoms with Crippen LogP contribution in [0.25, 0.3) is 0 Å². The molecule has 1 aromatic rings. The summed E-state index contributed by atoms with van der Waals surface area (Å²) in [5, 5.41) is 7.34. The summed E-state index contributed by atoms with van der Waals surface area (Å²) in [6.45, 7) is 3.23. The molecule has 0 aliphatic carbocycles. The van der Waals surface area contributed by atoms with Crippen LogP contribution in [-0.2, 0) is 4.74 Å². The lowest BCUT2D eigenvalue weighted by Gasteiger charge is -2.15. The molecule has 1 atom stereocenters. The van der Waals surface area contributed by atoms with Gasteiger partial charge in [0.25, 0.3) is 0 Å². The molecule has 0 amide bonds. The number of methoxy groups -OCH3 is 1. The van der Waals surface area contributed by atoms with Gasteiger partial charge in [0.05, 0.1) is 19.2 Å². The van der Waals surface area contributed by atoms with Gasteiger partial charge in [0.2, 0.25) is 5.96 Å². The summed E-state index contributed by atoms with van der Waals surface area (Å²) in [6, 6.07) is 2.26. The second-order valence-corrected chi connectivity index (χ2v) is 4.07. The zero-order valence-corrected chi connectivity index (χ0v) is 10.4. The van der Waals surface area contributed by atoms with Gasteiger partial charge in [-0.2, -0.15) is 11.3 Å². The maximum Gasteiger partial charge on any atom is 0.206 e. The minimum Gasteiger partial charge on any atom is -0.383 e. The van der Waals surface area contributed by atoms with Crippen molar-refractivity contribution < 1.29 is 4.74 Å². The Morgan fingerprint density at radius 2 is 2.50 bits per heavy atom. The second-order valence-electron chi connectivity index (χ2n) is 3.29. The summed E-state index contributed by atoms with van der Waals surface area (Å²) in [5.74, 6) is 5.95. The van der Waals surface area contributed by atoms with Gasteiger partial charge in [-0.05, 0) is 29.3 Å². The van der Waals surface area contributed by atoms with E-state index < -0.39 is 0 Å². The number of nitrogens with zero attached hydrogens (tertiary/aromatic N) is 1. The zero-order valence-electron chi connectivity index (χ0n) is 9.56. The van der Waals surface area contributed by atoms with Crippen LogP contribution in [0.3, 0.4) is 0 Å². The number of aliphatic imine (C=N–C) groups is 1. The highest BCUT2D eigenvalue weighted by Crippen LogP contribution is 2.14. The van der Waals surface area contributed by atoms with E-state index in [4.69, 9.17) is 10.6 Å². The number of nitrogens with one attached hydrogen (secondary N) is 2. The summed E-state index contributed by atoms with van der Waals surface area (Å²) in [4.78, 5) is 4.23. The van der Waals surface area contributed by atoms with Gasteiger partial charge in [-0.25, -0.2) is 10.8 Å². The third-order valence-corrected chi connectivity index (χ3v) is 2.80. The third kappa shape index (κ3) is 4.18. The highest BCUT2D eigenvalue weighted by Gasteiger charge is 2.06. The van der Waals surface area contributed by atoms with Crippen molar-refractivity contribution in [2.45, 2.75) is 13.0 Å². The molecule has 16 heavy (non-hydrogen) atoms. The van der Waals surface area contributed by atoms with Gasteiger partial charge < -0.3 is 10.1 Å². The predicted molar refractivity (Wildman–Crippen MR) is 67.4 cm³/mol. The molecule has 1 rings (SSSR count). The van der Waals surface area contributed by atoms with E-state index in [-0.39, 0.29) is 6.04 Å². The fourth-order valence-electron chi connectivity index (χ4n) is 1.19. The van der Waals surface area contributed by atoms with Crippen LogP contribution in [0.15, 0.2) is 21.8 Å². The monoisotopic (exact) mass is 242 g/mol. The number of hydrogen-bond acceptors (Lipinski definition) is 4. The van der Waals surface area contributed by atoms with Crippen LogP contribution in [0.2, 0.25) is 0 Å². The fourth-order valence-corrected chi connectivity index (χ4v) is 1.95. The summed E-state index contributed by atoms with van der Waals surface area (Å²) >= 11 is 1.67. The van der Waals surface area contributed by atoms with E-state index >= 15 is 0 Å². The van der Waals surface area contributed by atoms with Gasteiger partial charge >= 0.3 is 0 Å². The van der Waals surface area contributed by atoms with Gasteiger partial charge in [-0.1, -0.05) is 0 Å². The Morgan fingerprint density at radius 1 is 1.69 bits per heavy atom. The molecule has 0 radical (unpaired) electrons. The molecular weight excluding hydrogens is 224 g/mol. The molecule has 6 heteroatoms. The number of thiophene rings is 1. The first-order valence-electron chi connectivity index (χ1n) is 5.06. The molecule has 4 N–H and O–H groups in total. The van der Waals surface area contributed by atoms with Crippen LogP contribution < -0.4 is 16.6 Å². The van der Waals surface area contributed by atoms with Crippen LogP contribution in [0.4, 0.5) is 0 Å². The molecule has 0 aromatic carbocycles. The number of hydrogen-bond donors (Lipinski definition) is 3. The Hall–Kier alpha value is -1.11. The standard InChI is InChI=1S/C10H18N4OS/c1-8(9-3-6-16-7-9)13-10(14-11)12-4-5-15-2/h3,6-8H,4-5,11H2,1-2H3,(H2,12,13,14). The molecule has 5 nitrogen and oxygen atoms in total. The molecule has 1 heterocycles. The van der Waals surface area contributed by atoms with Crippen molar-refractivity contribution in [3.63, 3.8) is 0 Å². The maximum atomic E-state index is 5.38. The van der Waals surface area contributed by atoms with Crippen molar-refractivity contribution in [1.29, 1.82) is 0 Å². The van der Waals surface area contributed by atoms with Crippen molar-refractivity contribution in [2.75, 3.05) is 20.3 Å². The van der Waals surface area contributed by atoms with Crippen molar-refractivity contribution in [3.8, 4) is 0 Å². The third-order valence-electron chi connectivity index (χ3n) is 2.10. The van der Waals surface area contributed by atoms with Crippen molar-refractivity contribution in [1.82, 2.24) is 10.7 Å². The number of guanidine groups is 1. The van der Waals surface area contributed by atoms with Gasteiger partial charge in [0.1, 0.15) is 0 Å². The lowest BCUT2D eigenvalue weighted by Crippen LogP contribution is -2.42. The summed E-state index contributed by atoms with van der Waals surface area (Å²) in [6.07, 6.45) is 0. The fraction of sp³-hybridized carbons (Fsp3) is 0.500. The van der Waals surface area contributed by atoms with Gasteiger partial charge in [-0.3, -0.25) is 5.43 Å². The molecule has 0 saturated heterocycles. The topological polar surface area (TPSA) is 71.7 Å². The van der Waals surface area contributed by atoms with E-state index in [1.165, 1.54) is 5.56 Å². The van der Waals surface area contributed by atoms with Crippen LogP contribution in [0.1, 0.15) is 18.5 Å². The first-order chi connectivity index (χ1) is 7.77. The van der Waals surface area contributed by atoms with Gasteiger partial charge in [-0.15, -0.1) is 0 Å². The molecule has 0 aliphatic rings. The lowest BCUT2D eigenvalue weighted by molar-refractivity contribution is 0.208. The van der Waals surface area contributed by atoms with Crippen LogP contribution in [0.5, 0.6) is 0 Å². The summed E-state index contributed by atoms with van der Waals surface area (Å²) in [7, 11) is 1.65. The Balaban J connectivity index is 2.46. The number of ether oxygens (including phenoxy) is 1. The van der Waals surface area contributed by atoms with Crippen LogP contribution in [-0.4, -0.2) is 26.2 Å². The zero-order chi connectivity index (χ0) is 11.8. The van der Waals surface area contributed by atoms with E-state index in [0.717, 1.165) is 0 Å². The molecule has 0 spiro atoms. The molecule has 0 aliphatic heterocycles. The summed E-state index contributed by atoms with van der Waals surface area (Å²) in [5.41, 5.74) is 3.76. The summed E-state index contributed by atoms with van der Waals surface area (Å²) < 4.78 is 4.91. The maximum absolute atomic E-state index is 5.38. The Kier molecular flexibility index (Phi) is 5.84. The van der Waals surface area contributed by atoms with Crippen molar-refractivity contribution in [3.05, 3.63) is 22.4 Å².